The lowest BCUT2D eigenvalue weighted by atomic mass is 9.75. The van der Waals surface area contributed by atoms with Crippen LogP contribution in [-0.2, 0) is 88.1 Å². The van der Waals surface area contributed by atoms with Gasteiger partial charge < -0.3 is 71.4 Å². The molecule has 0 heterocycles. The van der Waals surface area contributed by atoms with Crippen LogP contribution in [0.5, 0.6) is 5.75 Å². The first-order chi connectivity index (χ1) is 47.8. The summed E-state index contributed by atoms with van der Waals surface area (Å²) in [6.45, 7) is 12.1. The number of aliphatic carboxylic acids is 1. The lowest BCUT2D eigenvalue weighted by molar-refractivity contribution is -0.142. The van der Waals surface area contributed by atoms with Crippen LogP contribution in [-0.4, -0.2) is 192 Å². The largest absolute Gasteiger partial charge is 0.508 e. The molecule has 0 spiro atoms. The minimum atomic E-state index is -3.86. The highest BCUT2D eigenvalue weighted by Gasteiger charge is 2.36. The first kappa shape index (κ1) is 91.7. The van der Waals surface area contributed by atoms with E-state index in [9.17, 15) is 61.8 Å². The van der Waals surface area contributed by atoms with E-state index < -0.39 is 51.7 Å². The maximum atomic E-state index is 14.3. The summed E-state index contributed by atoms with van der Waals surface area (Å²) in [7, 11) is -3.86. The minimum absolute atomic E-state index is 0. The molecule has 574 valence electrons. The van der Waals surface area contributed by atoms with Gasteiger partial charge in [0.15, 0.2) is 5.78 Å². The fourth-order valence-electron chi connectivity index (χ4n) is 11.2. The summed E-state index contributed by atoms with van der Waals surface area (Å²) < 4.78 is 63.0. The summed E-state index contributed by atoms with van der Waals surface area (Å²) in [5, 5.41) is 38.2. The van der Waals surface area contributed by atoms with Gasteiger partial charge in [-0.25, -0.2) is 4.79 Å². The fourth-order valence-corrected chi connectivity index (χ4v) is 11.7. The number of hydrogen-bond acceptors (Lipinski definition) is 20. The maximum absolute atomic E-state index is 14.3. The number of allylic oxidation sites excluding steroid dienone is 1. The molecule has 5 atom stereocenters. The number of unbranched alkanes of at least 4 members (excludes halogenated alkanes) is 14. The molecule has 0 fully saturated rings. The van der Waals surface area contributed by atoms with Gasteiger partial charge in [0.25, 0.3) is 10.1 Å². The highest BCUT2D eigenvalue weighted by Crippen LogP contribution is 2.31. The zero-order chi connectivity index (χ0) is 74.2. The maximum Gasteiger partial charge on any atom is 0.326 e. The molecule has 1 aromatic carbocycles. The number of amides is 4. The number of primary amides is 1. The molecule has 0 radical (unpaired) electrons. The van der Waals surface area contributed by atoms with Crippen LogP contribution >= 0.6 is 0 Å². The molecule has 4 amide bonds. The van der Waals surface area contributed by atoms with E-state index in [1.54, 1.807) is 19.1 Å². The Kier molecular flexibility index (Phi) is 53.4. The summed E-state index contributed by atoms with van der Waals surface area (Å²) in [6, 6.07) is 5.26. The number of hydrogen-bond donors (Lipinski definition) is 10. The molecule has 0 saturated carbocycles. The molecule has 27 nitrogen and oxygen atoms in total. The molecular formula is C72H125N7O20S. The lowest BCUT2D eigenvalue weighted by Crippen LogP contribution is -2.41. The molecule has 100 heavy (non-hydrogen) atoms. The van der Waals surface area contributed by atoms with Crippen molar-refractivity contribution in [1.29, 1.82) is 5.41 Å². The molecule has 0 bridgehead atoms. The van der Waals surface area contributed by atoms with Crippen molar-refractivity contribution in [2.45, 2.75) is 213 Å². The second-order valence-electron chi connectivity index (χ2n) is 26.2. The number of benzene rings is 1. The Morgan fingerprint density at radius 1 is 0.530 bits per heavy atom. The normalized spacial score (nSPS) is 13.0. The van der Waals surface area contributed by atoms with Crippen LogP contribution in [0.4, 0.5) is 0 Å². The summed E-state index contributed by atoms with van der Waals surface area (Å²) >= 11 is 0. The van der Waals surface area contributed by atoms with Crippen LogP contribution in [0.3, 0.4) is 0 Å². The molecule has 1 aromatic rings. The van der Waals surface area contributed by atoms with E-state index in [2.05, 4.69) is 27.8 Å². The van der Waals surface area contributed by atoms with Gasteiger partial charge in [0.05, 0.1) is 64.4 Å². The highest BCUT2D eigenvalue weighted by atomic mass is 32.2. The van der Waals surface area contributed by atoms with Gasteiger partial charge in [-0.2, -0.15) is 8.42 Å². The number of aromatic hydroxyl groups is 1. The first-order valence-electron chi connectivity index (χ1n) is 36.2. The van der Waals surface area contributed by atoms with Crippen molar-refractivity contribution in [1.82, 2.24) is 21.3 Å². The summed E-state index contributed by atoms with van der Waals surface area (Å²) in [5.41, 5.74) is 12.7. The molecule has 1 rings (SSSR count). The summed E-state index contributed by atoms with van der Waals surface area (Å²) in [5.74, 6) is -6.38. The van der Waals surface area contributed by atoms with Crippen molar-refractivity contribution in [3.63, 3.8) is 0 Å². The predicted octanol–water partition coefficient (Wildman–Crippen LogP) is 7.83. The van der Waals surface area contributed by atoms with Gasteiger partial charge >= 0.3 is 5.97 Å². The molecule has 1 unspecified atom stereocenters. The number of phenols is 1. The predicted molar refractivity (Wildman–Crippen MR) is 383 cm³/mol. The molecule has 0 aliphatic carbocycles. The molecule has 0 aromatic heterocycles. The van der Waals surface area contributed by atoms with Gasteiger partial charge in [-0.05, 0) is 87.8 Å². The highest BCUT2D eigenvalue weighted by molar-refractivity contribution is 7.85. The second kappa shape index (κ2) is 58.3. The van der Waals surface area contributed by atoms with E-state index in [4.69, 9.17) is 49.9 Å². The van der Waals surface area contributed by atoms with Crippen LogP contribution < -0.4 is 32.7 Å². The van der Waals surface area contributed by atoms with Gasteiger partial charge in [0, 0.05) is 95.6 Å². The number of carbonyl (C=O) groups is 9. The monoisotopic (exact) mass is 1440 g/mol. The zero-order valence-corrected chi connectivity index (χ0v) is 61.0. The lowest BCUT2D eigenvalue weighted by Gasteiger charge is -2.27. The van der Waals surface area contributed by atoms with E-state index in [1.807, 2.05) is 13.8 Å². The number of phenolic OH excluding ortho intramolecular Hbond substituents is 1. The zero-order valence-electron chi connectivity index (χ0n) is 60.1. The van der Waals surface area contributed by atoms with Gasteiger partial charge in [-0.3, -0.25) is 48.3 Å². The minimum Gasteiger partial charge on any atom is -0.508 e. The van der Waals surface area contributed by atoms with Gasteiger partial charge in [0.1, 0.15) is 49.0 Å². The number of carboxylic acid groups (broad SMARTS) is 1. The van der Waals surface area contributed by atoms with Crippen LogP contribution in [0.15, 0.2) is 36.5 Å². The number of ketones is 4. The number of ether oxygens (including phenoxy) is 6. The van der Waals surface area contributed by atoms with Crippen LogP contribution in [0.25, 0.3) is 0 Å². The molecular weight excluding hydrogens is 1310 g/mol. The third kappa shape index (κ3) is 52.7. The Labute approximate surface area is 595 Å². The molecule has 12 N–H and O–H groups in total. The van der Waals surface area contributed by atoms with Crippen molar-refractivity contribution in [2.75, 3.05) is 105 Å². The van der Waals surface area contributed by atoms with E-state index in [-0.39, 0.29) is 177 Å². The number of carboxylic acids is 1. The Hall–Kier alpha value is -6.27. The SMILES string of the molecule is C=C(CC[C@H](NC(=O)CCCCCCCCCCCCCCCS(=O)(=O)O)C(=O)O)NCCOCCOCC(=O)NCCOCCOCC(=O)CCCOCCOCC(=O)NCCCC[C@H](CC(=O)CC(C)C)C(=O)C(C)[C@@H](CCCCC(=N)N)C(=O)C[C@@H](Cc1ccc(O)cc1)C(N)=O.[HH]. The number of amidine groups is 1. The molecule has 0 aliphatic rings. The summed E-state index contributed by atoms with van der Waals surface area (Å²) in [6.07, 6.45) is 17.8. The van der Waals surface area contributed by atoms with Gasteiger partial charge in [0.2, 0.25) is 23.6 Å². The number of nitrogens with two attached hydrogens (primary N) is 2. The summed E-state index contributed by atoms with van der Waals surface area (Å²) in [4.78, 5) is 115. The standard InChI is InChI=1S/C72H123N7O20S.H2/c1-54(2)47-62(82)49-58(70(87)56(4)63(25-17-18-26-66(73)74)65(83)50-59(71(75)88)48-57-29-31-60(80)32-30-57)23-19-20-34-77-68(85)52-98-44-40-94-37-22-24-61(81)51-97-43-41-96-39-36-78-69(86)53-99-45-42-95-38-35-76-55(3)28-33-64(72(89)90)79-67(84)27-16-14-12-10-8-6-5-7-9-11-13-15-21-46-100(91,92)93;/h29-32,54,56,58-59,63-64,76,80H,3,5-28,33-53H2,1-2,4H3,(H3,73,74)(H2,75,88)(H,77,85)(H,78,86)(H,79,84)(H,89,90)(H,91,92,93);1H/t56?,58-,59-,63-,64+;/m1./s1. The average molecular weight is 1440 g/mol. The average Bonchev–Trinajstić information content (AvgIpc) is 0.846. The van der Waals surface area contributed by atoms with E-state index >= 15 is 0 Å². The first-order valence-corrected chi connectivity index (χ1v) is 37.8. The molecule has 0 saturated heterocycles. The van der Waals surface area contributed by atoms with Crippen molar-refractivity contribution >= 4 is 68.7 Å². The molecule has 28 heteroatoms. The third-order valence-electron chi connectivity index (χ3n) is 16.7. The third-order valence-corrected chi connectivity index (χ3v) is 17.5. The van der Waals surface area contributed by atoms with Crippen LogP contribution in [0.2, 0.25) is 0 Å². The quantitative estimate of drug-likeness (QED) is 0.0128. The number of nitrogens with one attached hydrogen (secondary N) is 5. The van der Waals surface area contributed by atoms with Crippen molar-refractivity contribution < 1.29 is 96.2 Å². The fraction of sp³-hybridized carbons (Fsp3) is 0.750. The van der Waals surface area contributed by atoms with E-state index in [0.29, 0.717) is 115 Å². The Balaban J connectivity index is 0.0001000. The second-order valence-corrected chi connectivity index (χ2v) is 27.8. The van der Waals surface area contributed by atoms with Crippen molar-refractivity contribution in [3.8, 4) is 5.75 Å². The molecule has 0 aliphatic heterocycles. The van der Waals surface area contributed by atoms with E-state index in [1.165, 1.54) is 12.1 Å². The van der Waals surface area contributed by atoms with Crippen molar-refractivity contribution in [3.05, 3.63) is 42.1 Å². The van der Waals surface area contributed by atoms with Crippen LogP contribution in [0.1, 0.15) is 208 Å². The Bertz CT molecular complexity index is 2640. The number of Topliss-reactive ketones (excluding diaryl/α,β-unsaturated/α-hetero) is 4. The van der Waals surface area contributed by atoms with Crippen molar-refractivity contribution in [2.24, 2.45) is 41.1 Å². The van der Waals surface area contributed by atoms with Gasteiger partial charge in [-0.1, -0.05) is 123 Å². The number of carbonyl (C=O) groups excluding carboxylic acids is 8. The Morgan fingerprint density at radius 2 is 1.04 bits per heavy atom. The Morgan fingerprint density at radius 3 is 1.59 bits per heavy atom. The smallest absolute Gasteiger partial charge is 0.326 e. The topological polar surface area (TPSA) is 428 Å². The van der Waals surface area contributed by atoms with Crippen LogP contribution in [0, 0.1) is 35.0 Å². The number of rotatable bonds is 70. The van der Waals surface area contributed by atoms with Gasteiger partial charge in [-0.15, -0.1) is 0 Å². The van der Waals surface area contributed by atoms with E-state index in [0.717, 1.165) is 70.6 Å².